The lowest BCUT2D eigenvalue weighted by Crippen LogP contribution is -2.30. The standard InChI is InChI=1S/C11H20N4O3/c1-8(2)17-5-4-15(3)7-9-6-10(14-18-9)11(16)13-12/h6,8H,4-5,7,12H2,1-3H3,(H,13,16). The summed E-state index contributed by atoms with van der Waals surface area (Å²) >= 11 is 0. The number of likely N-dealkylation sites (N-methyl/N-ethyl adjacent to an activating group) is 1. The van der Waals surface area contributed by atoms with Crippen LogP contribution >= 0.6 is 0 Å². The van der Waals surface area contributed by atoms with Gasteiger partial charge in [0, 0.05) is 12.6 Å². The first-order valence-corrected chi connectivity index (χ1v) is 5.79. The highest BCUT2D eigenvalue weighted by Crippen LogP contribution is 2.06. The zero-order valence-corrected chi connectivity index (χ0v) is 11.0. The third-order valence-corrected chi connectivity index (χ3v) is 2.27. The lowest BCUT2D eigenvalue weighted by atomic mass is 10.3. The number of ether oxygens (including phenoxy) is 1. The first-order valence-electron chi connectivity index (χ1n) is 5.79. The van der Waals surface area contributed by atoms with Gasteiger partial charge in [-0.25, -0.2) is 5.84 Å². The maximum absolute atomic E-state index is 11.2. The Morgan fingerprint density at radius 2 is 2.39 bits per heavy atom. The summed E-state index contributed by atoms with van der Waals surface area (Å²) < 4.78 is 10.5. The monoisotopic (exact) mass is 256 g/mol. The molecule has 0 aromatic carbocycles. The predicted molar refractivity (Wildman–Crippen MR) is 65.6 cm³/mol. The second-order valence-electron chi connectivity index (χ2n) is 4.31. The normalized spacial score (nSPS) is 11.2. The molecule has 7 heteroatoms. The summed E-state index contributed by atoms with van der Waals surface area (Å²) in [5.74, 6) is 5.15. The number of nitrogens with two attached hydrogens (primary N) is 1. The number of nitrogen functional groups attached to an aromatic ring is 1. The maximum Gasteiger partial charge on any atom is 0.287 e. The van der Waals surface area contributed by atoms with Crippen LogP contribution in [0.2, 0.25) is 0 Å². The van der Waals surface area contributed by atoms with Crippen molar-refractivity contribution in [1.82, 2.24) is 15.5 Å². The average Bonchev–Trinajstić information content (AvgIpc) is 2.76. The third-order valence-electron chi connectivity index (χ3n) is 2.27. The van der Waals surface area contributed by atoms with Crippen LogP contribution in [-0.2, 0) is 11.3 Å². The van der Waals surface area contributed by atoms with Crippen LogP contribution in [0, 0.1) is 0 Å². The number of carbonyl (C=O) groups excluding carboxylic acids is 1. The van der Waals surface area contributed by atoms with E-state index in [0.717, 1.165) is 6.54 Å². The molecule has 1 heterocycles. The fourth-order valence-electron chi connectivity index (χ4n) is 1.36. The fraction of sp³-hybridized carbons (Fsp3) is 0.636. The highest BCUT2D eigenvalue weighted by Gasteiger charge is 2.12. The van der Waals surface area contributed by atoms with Gasteiger partial charge in [0.2, 0.25) is 0 Å². The first kappa shape index (κ1) is 14.6. The molecule has 102 valence electrons. The molecular weight excluding hydrogens is 236 g/mol. The number of aromatic nitrogens is 1. The Bertz CT molecular complexity index is 378. The molecule has 0 aliphatic heterocycles. The Balaban J connectivity index is 2.37. The van der Waals surface area contributed by atoms with Gasteiger partial charge in [-0.1, -0.05) is 5.16 Å². The number of nitrogens with one attached hydrogen (secondary N) is 1. The van der Waals surface area contributed by atoms with E-state index in [4.69, 9.17) is 15.1 Å². The van der Waals surface area contributed by atoms with Gasteiger partial charge in [-0.15, -0.1) is 0 Å². The molecule has 0 spiro atoms. The number of hydrogen-bond donors (Lipinski definition) is 2. The van der Waals surface area contributed by atoms with Crippen LogP contribution in [0.5, 0.6) is 0 Å². The first-order chi connectivity index (χ1) is 8.52. The van der Waals surface area contributed by atoms with Gasteiger partial charge in [-0.05, 0) is 20.9 Å². The van der Waals surface area contributed by atoms with Gasteiger partial charge in [0.1, 0.15) is 0 Å². The molecular formula is C11H20N4O3. The van der Waals surface area contributed by atoms with E-state index < -0.39 is 5.91 Å². The summed E-state index contributed by atoms with van der Waals surface area (Å²) in [6.45, 7) is 5.98. The largest absolute Gasteiger partial charge is 0.377 e. The Morgan fingerprint density at radius 3 is 3.00 bits per heavy atom. The van der Waals surface area contributed by atoms with Crippen molar-refractivity contribution in [2.75, 3.05) is 20.2 Å². The molecule has 7 nitrogen and oxygen atoms in total. The summed E-state index contributed by atoms with van der Waals surface area (Å²) in [4.78, 5) is 13.2. The van der Waals surface area contributed by atoms with Crippen LogP contribution in [0.4, 0.5) is 0 Å². The van der Waals surface area contributed by atoms with Gasteiger partial charge in [0.15, 0.2) is 11.5 Å². The molecule has 0 radical (unpaired) electrons. The fourth-order valence-corrected chi connectivity index (χ4v) is 1.36. The maximum atomic E-state index is 11.2. The zero-order chi connectivity index (χ0) is 13.5. The van der Waals surface area contributed by atoms with E-state index >= 15 is 0 Å². The molecule has 0 atom stereocenters. The SMILES string of the molecule is CC(C)OCCN(C)Cc1cc(C(=O)NN)no1. The van der Waals surface area contributed by atoms with E-state index in [0.29, 0.717) is 18.9 Å². The minimum atomic E-state index is -0.462. The number of nitrogens with zero attached hydrogens (tertiary/aromatic N) is 2. The predicted octanol–water partition coefficient (Wildman–Crippen LogP) is 0.135. The second kappa shape index (κ2) is 7.10. The van der Waals surface area contributed by atoms with E-state index in [1.165, 1.54) is 0 Å². The number of amides is 1. The van der Waals surface area contributed by atoms with E-state index in [1.807, 2.05) is 31.2 Å². The summed E-state index contributed by atoms with van der Waals surface area (Å²) in [7, 11) is 1.94. The van der Waals surface area contributed by atoms with Crippen molar-refractivity contribution in [3.63, 3.8) is 0 Å². The minimum absolute atomic E-state index is 0.180. The Morgan fingerprint density at radius 1 is 1.67 bits per heavy atom. The number of rotatable bonds is 7. The molecule has 0 saturated heterocycles. The smallest absolute Gasteiger partial charge is 0.287 e. The highest BCUT2D eigenvalue weighted by atomic mass is 16.5. The molecule has 0 bridgehead atoms. The van der Waals surface area contributed by atoms with Crippen molar-refractivity contribution in [3.05, 3.63) is 17.5 Å². The Labute approximate surface area is 106 Å². The number of carbonyl (C=O) groups is 1. The third kappa shape index (κ3) is 4.82. The molecule has 1 aromatic heterocycles. The van der Waals surface area contributed by atoms with Crippen LogP contribution in [0.25, 0.3) is 0 Å². The molecule has 0 aliphatic rings. The minimum Gasteiger partial charge on any atom is -0.377 e. The average molecular weight is 256 g/mol. The van der Waals surface area contributed by atoms with Gasteiger partial charge in [-0.3, -0.25) is 15.1 Å². The van der Waals surface area contributed by atoms with Crippen LogP contribution < -0.4 is 11.3 Å². The molecule has 0 fully saturated rings. The molecule has 18 heavy (non-hydrogen) atoms. The van der Waals surface area contributed by atoms with E-state index in [9.17, 15) is 4.79 Å². The topological polar surface area (TPSA) is 93.6 Å². The van der Waals surface area contributed by atoms with E-state index in [1.54, 1.807) is 6.07 Å². The van der Waals surface area contributed by atoms with Crippen LogP contribution in [-0.4, -0.2) is 42.3 Å². The quantitative estimate of drug-likeness (QED) is 0.409. The van der Waals surface area contributed by atoms with Crippen LogP contribution in [0.15, 0.2) is 10.6 Å². The molecule has 1 amide bonds. The molecule has 0 saturated carbocycles. The van der Waals surface area contributed by atoms with Gasteiger partial charge in [-0.2, -0.15) is 0 Å². The summed E-state index contributed by atoms with van der Waals surface area (Å²) in [6.07, 6.45) is 0.225. The summed E-state index contributed by atoms with van der Waals surface area (Å²) in [6, 6.07) is 1.57. The van der Waals surface area contributed by atoms with Crippen molar-refractivity contribution in [2.24, 2.45) is 5.84 Å². The molecule has 1 rings (SSSR count). The van der Waals surface area contributed by atoms with E-state index in [2.05, 4.69) is 5.16 Å². The molecule has 3 N–H and O–H groups in total. The van der Waals surface area contributed by atoms with Gasteiger partial charge < -0.3 is 9.26 Å². The van der Waals surface area contributed by atoms with Crippen molar-refractivity contribution < 1.29 is 14.1 Å². The van der Waals surface area contributed by atoms with Crippen molar-refractivity contribution in [3.8, 4) is 0 Å². The number of hydrogen-bond acceptors (Lipinski definition) is 6. The van der Waals surface area contributed by atoms with Gasteiger partial charge in [0.05, 0.1) is 19.3 Å². The molecule has 0 aliphatic carbocycles. The summed E-state index contributed by atoms with van der Waals surface area (Å²) in [5.41, 5.74) is 2.18. The summed E-state index contributed by atoms with van der Waals surface area (Å²) in [5, 5.41) is 3.62. The Hall–Kier alpha value is -1.44. The van der Waals surface area contributed by atoms with Crippen LogP contribution in [0.1, 0.15) is 30.1 Å². The van der Waals surface area contributed by atoms with E-state index in [-0.39, 0.29) is 11.8 Å². The van der Waals surface area contributed by atoms with Crippen LogP contribution in [0.3, 0.4) is 0 Å². The highest BCUT2D eigenvalue weighted by molar-refractivity contribution is 5.91. The number of hydrazine groups is 1. The zero-order valence-electron chi connectivity index (χ0n) is 11.0. The van der Waals surface area contributed by atoms with Gasteiger partial charge >= 0.3 is 0 Å². The lowest BCUT2D eigenvalue weighted by molar-refractivity contribution is 0.0613. The lowest BCUT2D eigenvalue weighted by Gasteiger charge is -2.15. The van der Waals surface area contributed by atoms with Crippen molar-refractivity contribution in [2.45, 2.75) is 26.5 Å². The molecule has 0 unspecified atom stereocenters. The van der Waals surface area contributed by atoms with Crippen molar-refractivity contribution in [1.29, 1.82) is 0 Å². The van der Waals surface area contributed by atoms with Gasteiger partial charge in [0.25, 0.3) is 5.91 Å². The Kier molecular flexibility index (Phi) is 5.76. The van der Waals surface area contributed by atoms with Crippen molar-refractivity contribution >= 4 is 5.91 Å². The molecule has 1 aromatic rings. The second-order valence-corrected chi connectivity index (χ2v) is 4.31.